The predicted molar refractivity (Wildman–Crippen MR) is 81.8 cm³/mol. The fourth-order valence-electron chi connectivity index (χ4n) is 2.50. The van der Waals surface area contributed by atoms with Crippen molar-refractivity contribution in [2.45, 2.75) is 6.92 Å². The zero-order valence-electron chi connectivity index (χ0n) is 11.9. The van der Waals surface area contributed by atoms with E-state index in [0.29, 0.717) is 29.0 Å². The smallest absolute Gasteiger partial charge is 0.352 e. The maximum Gasteiger partial charge on any atom is 0.352 e. The number of carbonyl (C=O) groups is 1. The molecule has 0 saturated heterocycles. The Kier molecular flexibility index (Phi) is 3.55. The van der Waals surface area contributed by atoms with Crippen LogP contribution >= 0.6 is 0 Å². The van der Waals surface area contributed by atoms with E-state index in [9.17, 15) is 14.3 Å². The van der Waals surface area contributed by atoms with E-state index in [0.717, 1.165) is 5.39 Å². The second-order valence-electron chi connectivity index (χ2n) is 4.83. The van der Waals surface area contributed by atoms with Crippen LogP contribution < -0.4 is 4.74 Å². The number of H-pyrrole nitrogens is 1. The SMILES string of the molecule is CCOc1ccc2[nH]c(C(=O)O)c(-c3ccc(F)cc3)c2c1. The van der Waals surface area contributed by atoms with Gasteiger partial charge in [-0.3, -0.25) is 0 Å². The number of nitrogens with one attached hydrogen (secondary N) is 1. The fraction of sp³-hybridized carbons (Fsp3) is 0.118. The number of aromatic carboxylic acids is 1. The molecule has 0 radical (unpaired) electrons. The number of rotatable bonds is 4. The van der Waals surface area contributed by atoms with E-state index in [4.69, 9.17) is 4.74 Å². The number of aromatic nitrogens is 1. The summed E-state index contributed by atoms with van der Waals surface area (Å²) in [7, 11) is 0. The lowest BCUT2D eigenvalue weighted by atomic mass is 10.0. The van der Waals surface area contributed by atoms with Crippen LogP contribution in [0.2, 0.25) is 0 Å². The molecule has 22 heavy (non-hydrogen) atoms. The van der Waals surface area contributed by atoms with Gasteiger partial charge in [0.05, 0.1) is 6.61 Å². The van der Waals surface area contributed by atoms with Gasteiger partial charge in [0.25, 0.3) is 0 Å². The lowest BCUT2D eigenvalue weighted by molar-refractivity contribution is 0.0692. The Morgan fingerprint density at radius 3 is 2.59 bits per heavy atom. The summed E-state index contributed by atoms with van der Waals surface area (Å²) < 4.78 is 18.6. The van der Waals surface area contributed by atoms with Gasteiger partial charge in [-0.1, -0.05) is 12.1 Å². The second kappa shape index (κ2) is 5.52. The Labute approximate surface area is 126 Å². The molecule has 4 nitrogen and oxygen atoms in total. The van der Waals surface area contributed by atoms with Crippen LogP contribution in [0.25, 0.3) is 22.0 Å². The summed E-state index contributed by atoms with van der Waals surface area (Å²) in [6.07, 6.45) is 0. The number of ether oxygens (including phenoxy) is 1. The number of hydrogen-bond acceptors (Lipinski definition) is 2. The molecule has 0 aliphatic heterocycles. The van der Waals surface area contributed by atoms with Gasteiger partial charge < -0.3 is 14.8 Å². The van der Waals surface area contributed by atoms with Crippen LogP contribution in [0.4, 0.5) is 4.39 Å². The Balaban J connectivity index is 2.27. The molecular formula is C17H14FNO3. The highest BCUT2D eigenvalue weighted by Crippen LogP contribution is 2.34. The predicted octanol–water partition coefficient (Wildman–Crippen LogP) is 4.07. The Morgan fingerprint density at radius 1 is 1.23 bits per heavy atom. The van der Waals surface area contributed by atoms with Gasteiger partial charge in [0, 0.05) is 16.5 Å². The molecule has 1 aromatic heterocycles. The first-order chi connectivity index (χ1) is 10.6. The molecule has 0 spiro atoms. The van der Waals surface area contributed by atoms with Crippen molar-refractivity contribution in [3.05, 3.63) is 54.0 Å². The van der Waals surface area contributed by atoms with E-state index in [2.05, 4.69) is 4.98 Å². The summed E-state index contributed by atoms with van der Waals surface area (Å²) in [5.41, 5.74) is 1.94. The minimum atomic E-state index is -1.06. The van der Waals surface area contributed by atoms with Crippen LogP contribution in [0.5, 0.6) is 5.75 Å². The van der Waals surface area contributed by atoms with Crippen LogP contribution in [0.1, 0.15) is 17.4 Å². The molecule has 0 fully saturated rings. The van der Waals surface area contributed by atoms with Gasteiger partial charge in [-0.05, 0) is 42.8 Å². The number of carboxylic acids is 1. The molecule has 5 heteroatoms. The molecule has 0 aliphatic carbocycles. The van der Waals surface area contributed by atoms with E-state index in [1.54, 1.807) is 30.3 Å². The lowest BCUT2D eigenvalue weighted by Crippen LogP contribution is -1.98. The van der Waals surface area contributed by atoms with E-state index in [1.807, 2.05) is 6.92 Å². The third-order valence-electron chi connectivity index (χ3n) is 3.43. The van der Waals surface area contributed by atoms with Gasteiger partial charge in [0.1, 0.15) is 17.3 Å². The summed E-state index contributed by atoms with van der Waals surface area (Å²) in [6.45, 7) is 2.40. The average molecular weight is 299 g/mol. The van der Waals surface area contributed by atoms with Gasteiger partial charge in [0.2, 0.25) is 0 Å². The highest BCUT2D eigenvalue weighted by Gasteiger charge is 2.19. The third kappa shape index (κ3) is 2.41. The number of halogens is 1. The van der Waals surface area contributed by atoms with Crippen molar-refractivity contribution in [1.82, 2.24) is 4.98 Å². The first kappa shape index (κ1) is 14.1. The van der Waals surface area contributed by atoms with Crippen molar-refractivity contribution in [2.24, 2.45) is 0 Å². The van der Waals surface area contributed by atoms with Gasteiger partial charge in [0.15, 0.2) is 0 Å². The van der Waals surface area contributed by atoms with Crippen molar-refractivity contribution in [3.63, 3.8) is 0 Å². The normalized spacial score (nSPS) is 10.8. The lowest BCUT2D eigenvalue weighted by Gasteiger charge is -2.05. The van der Waals surface area contributed by atoms with E-state index >= 15 is 0 Å². The Hall–Kier alpha value is -2.82. The summed E-state index contributed by atoms with van der Waals surface area (Å²) in [4.78, 5) is 14.4. The summed E-state index contributed by atoms with van der Waals surface area (Å²) in [5, 5.41) is 10.2. The van der Waals surface area contributed by atoms with Crippen molar-refractivity contribution in [2.75, 3.05) is 6.61 Å². The van der Waals surface area contributed by atoms with E-state index < -0.39 is 5.97 Å². The number of benzene rings is 2. The first-order valence-corrected chi connectivity index (χ1v) is 6.88. The monoisotopic (exact) mass is 299 g/mol. The molecule has 0 unspecified atom stereocenters. The summed E-state index contributed by atoms with van der Waals surface area (Å²) >= 11 is 0. The topological polar surface area (TPSA) is 62.3 Å². The zero-order chi connectivity index (χ0) is 15.7. The molecule has 0 saturated carbocycles. The van der Waals surface area contributed by atoms with Gasteiger partial charge in [-0.25, -0.2) is 9.18 Å². The van der Waals surface area contributed by atoms with Crippen LogP contribution in [0.3, 0.4) is 0 Å². The molecule has 0 amide bonds. The highest BCUT2D eigenvalue weighted by atomic mass is 19.1. The molecule has 112 valence electrons. The van der Waals surface area contributed by atoms with Crippen molar-refractivity contribution in [3.8, 4) is 16.9 Å². The average Bonchev–Trinajstić information content (AvgIpc) is 2.87. The van der Waals surface area contributed by atoms with Crippen LogP contribution in [-0.2, 0) is 0 Å². The van der Waals surface area contributed by atoms with Crippen LogP contribution in [0, 0.1) is 5.82 Å². The molecule has 2 N–H and O–H groups in total. The first-order valence-electron chi connectivity index (χ1n) is 6.88. The van der Waals surface area contributed by atoms with E-state index in [-0.39, 0.29) is 11.5 Å². The van der Waals surface area contributed by atoms with E-state index in [1.165, 1.54) is 12.1 Å². The molecule has 0 bridgehead atoms. The number of aromatic amines is 1. The van der Waals surface area contributed by atoms with Crippen LogP contribution in [-0.4, -0.2) is 22.7 Å². The minimum Gasteiger partial charge on any atom is -0.494 e. The molecule has 3 aromatic rings. The quantitative estimate of drug-likeness (QED) is 0.763. The summed E-state index contributed by atoms with van der Waals surface area (Å²) in [6, 6.07) is 11.1. The number of hydrogen-bond donors (Lipinski definition) is 2. The maximum atomic E-state index is 13.1. The highest BCUT2D eigenvalue weighted by molar-refractivity contribution is 6.07. The number of fused-ring (bicyclic) bond motifs is 1. The molecule has 0 aliphatic rings. The largest absolute Gasteiger partial charge is 0.494 e. The molecular weight excluding hydrogens is 285 g/mol. The molecule has 3 rings (SSSR count). The molecule has 1 heterocycles. The fourth-order valence-corrected chi connectivity index (χ4v) is 2.50. The van der Waals surface area contributed by atoms with Crippen LogP contribution in [0.15, 0.2) is 42.5 Å². The third-order valence-corrected chi connectivity index (χ3v) is 3.43. The molecule has 0 atom stereocenters. The summed E-state index contributed by atoms with van der Waals surface area (Å²) in [5.74, 6) is -0.766. The minimum absolute atomic E-state index is 0.0789. The van der Waals surface area contributed by atoms with Crippen molar-refractivity contribution >= 4 is 16.9 Å². The zero-order valence-corrected chi connectivity index (χ0v) is 11.9. The number of carboxylic acid groups (broad SMARTS) is 1. The van der Waals surface area contributed by atoms with Gasteiger partial charge in [-0.15, -0.1) is 0 Å². The maximum absolute atomic E-state index is 13.1. The Morgan fingerprint density at radius 2 is 1.95 bits per heavy atom. The second-order valence-corrected chi connectivity index (χ2v) is 4.83. The molecule has 2 aromatic carbocycles. The standard InChI is InChI=1S/C17H14FNO3/c1-2-22-12-7-8-14-13(9-12)15(16(19-14)17(20)21)10-3-5-11(18)6-4-10/h3-9,19H,2H2,1H3,(H,20,21). The Bertz CT molecular complexity index is 837. The van der Waals surface area contributed by atoms with Crippen molar-refractivity contribution < 1.29 is 19.0 Å². The van der Waals surface area contributed by atoms with Gasteiger partial charge in [-0.2, -0.15) is 0 Å². The van der Waals surface area contributed by atoms with Gasteiger partial charge >= 0.3 is 5.97 Å². The van der Waals surface area contributed by atoms with Crippen molar-refractivity contribution in [1.29, 1.82) is 0 Å².